The molecule has 1 rings (SSSR count). The highest BCUT2D eigenvalue weighted by Crippen LogP contribution is 2.19. The zero-order valence-corrected chi connectivity index (χ0v) is 17.0. The van der Waals surface area contributed by atoms with Gasteiger partial charge in [-0.15, -0.1) is 0 Å². The highest BCUT2D eigenvalue weighted by Gasteiger charge is 2.22. The first kappa shape index (κ1) is 22.1. The molecule has 0 saturated carbocycles. The van der Waals surface area contributed by atoms with Crippen LogP contribution in [0.3, 0.4) is 0 Å². The summed E-state index contributed by atoms with van der Waals surface area (Å²) in [7, 11) is 0. The smallest absolute Gasteiger partial charge is 0.163 e. The summed E-state index contributed by atoms with van der Waals surface area (Å²) in [5.41, 5.74) is 0.447. The molecule has 3 heteroatoms. The van der Waals surface area contributed by atoms with Gasteiger partial charge in [-0.05, 0) is 36.1 Å². The van der Waals surface area contributed by atoms with E-state index in [4.69, 9.17) is 4.74 Å². The van der Waals surface area contributed by atoms with Crippen molar-refractivity contribution < 1.29 is 14.3 Å². The van der Waals surface area contributed by atoms with Crippen molar-refractivity contribution in [1.82, 2.24) is 0 Å². The first-order valence-electron chi connectivity index (χ1n) is 9.73. The third kappa shape index (κ3) is 8.46. The fourth-order valence-electron chi connectivity index (χ4n) is 2.46. The lowest BCUT2D eigenvalue weighted by Gasteiger charge is -2.15. The van der Waals surface area contributed by atoms with Crippen molar-refractivity contribution in [3.05, 3.63) is 35.9 Å². The normalized spacial score (nSPS) is 13.0. The van der Waals surface area contributed by atoms with Gasteiger partial charge in [0, 0.05) is 5.41 Å². The molecule has 0 saturated heterocycles. The number of ether oxygens (including phenoxy) is 1. The Morgan fingerprint density at radius 2 is 1.77 bits per heavy atom. The topological polar surface area (TPSA) is 43.4 Å². The average Bonchev–Trinajstić information content (AvgIpc) is 2.60. The van der Waals surface area contributed by atoms with Gasteiger partial charge in [0.05, 0.1) is 13.0 Å². The molecule has 0 radical (unpaired) electrons. The summed E-state index contributed by atoms with van der Waals surface area (Å²) >= 11 is 0. The maximum Gasteiger partial charge on any atom is 0.163 e. The lowest BCUT2D eigenvalue weighted by Crippen LogP contribution is -2.22. The molecule has 26 heavy (non-hydrogen) atoms. The Hall–Kier alpha value is -1.90. The Labute approximate surface area is 158 Å². The van der Waals surface area contributed by atoms with E-state index in [1.54, 1.807) is 6.08 Å². The van der Waals surface area contributed by atoms with Crippen LogP contribution in [-0.4, -0.2) is 18.2 Å². The lowest BCUT2D eigenvalue weighted by molar-refractivity contribution is -0.130. The molecular formula is C23H34O3. The second-order valence-electron chi connectivity index (χ2n) is 7.95. The van der Waals surface area contributed by atoms with Crippen LogP contribution in [0.4, 0.5) is 0 Å². The van der Waals surface area contributed by atoms with Gasteiger partial charge in [0.25, 0.3) is 0 Å². The standard InChI is InChI=1S/C23H34O3/c1-6-8-9-18(7-2)17-26-21-14-11-19(12-15-21)10-13-20(24)16-22(25)23(3,4)5/h10-15,18H,6-9,16-17H2,1-5H3/b13-10+. The molecule has 0 N–H and O–H groups in total. The van der Waals surface area contributed by atoms with Crippen molar-refractivity contribution >= 4 is 17.6 Å². The van der Waals surface area contributed by atoms with Crippen LogP contribution in [0.25, 0.3) is 6.08 Å². The Morgan fingerprint density at radius 3 is 2.31 bits per heavy atom. The SMILES string of the molecule is CCCCC(CC)COc1ccc(/C=C/C(=O)CC(=O)C(C)(C)C)cc1. The van der Waals surface area contributed by atoms with Crippen LogP contribution in [0.5, 0.6) is 5.75 Å². The van der Waals surface area contributed by atoms with Crippen LogP contribution < -0.4 is 4.74 Å². The van der Waals surface area contributed by atoms with Crippen LogP contribution in [0.15, 0.2) is 30.3 Å². The van der Waals surface area contributed by atoms with E-state index < -0.39 is 5.41 Å². The van der Waals surface area contributed by atoms with Gasteiger partial charge in [-0.3, -0.25) is 9.59 Å². The van der Waals surface area contributed by atoms with E-state index in [2.05, 4.69) is 13.8 Å². The molecule has 0 spiro atoms. The van der Waals surface area contributed by atoms with E-state index in [0.29, 0.717) is 5.92 Å². The van der Waals surface area contributed by atoms with Gasteiger partial charge in [-0.2, -0.15) is 0 Å². The molecule has 0 heterocycles. The fourth-order valence-corrected chi connectivity index (χ4v) is 2.46. The minimum atomic E-state index is -0.476. The Balaban J connectivity index is 2.51. The second-order valence-corrected chi connectivity index (χ2v) is 7.95. The number of unbranched alkanes of at least 4 members (excludes halogenated alkanes) is 1. The predicted molar refractivity (Wildman–Crippen MR) is 108 cm³/mol. The van der Waals surface area contributed by atoms with Crippen LogP contribution in [0.1, 0.15) is 72.3 Å². The number of rotatable bonds is 11. The zero-order valence-electron chi connectivity index (χ0n) is 17.0. The third-order valence-electron chi connectivity index (χ3n) is 4.54. The molecule has 0 amide bonds. The zero-order chi connectivity index (χ0) is 19.6. The van der Waals surface area contributed by atoms with Gasteiger partial charge in [0.2, 0.25) is 0 Å². The lowest BCUT2D eigenvalue weighted by atomic mass is 9.88. The highest BCUT2D eigenvalue weighted by atomic mass is 16.5. The van der Waals surface area contributed by atoms with Crippen molar-refractivity contribution in [2.75, 3.05) is 6.61 Å². The monoisotopic (exact) mass is 358 g/mol. The molecule has 0 aromatic heterocycles. The van der Waals surface area contributed by atoms with E-state index >= 15 is 0 Å². The summed E-state index contributed by atoms with van der Waals surface area (Å²) in [4.78, 5) is 23.8. The fraction of sp³-hybridized carbons (Fsp3) is 0.565. The first-order chi connectivity index (χ1) is 12.3. The average molecular weight is 359 g/mol. The third-order valence-corrected chi connectivity index (χ3v) is 4.54. The number of carbonyl (C=O) groups excluding carboxylic acids is 2. The van der Waals surface area contributed by atoms with Crippen LogP contribution in [0, 0.1) is 11.3 Å². The number of carbonyl (C=O) groups is 2. The number of Topliss-reactive ketones (excluding diaryl/α,β-unsaturated/α-hetero) is 1. The molecule has 1 atom stereocenters. The van der Waals surface area contributed by atoms with Gasteiger partial charge in [0.1, 0.15) is 11.5 Å². The molecule has 0 aliphatic rings. The predicted octanol–water partition coefficient (Wildman–Crippen LogP) is 5.87. The molecule has 0 fully saturated rings. The van der Waals surface area contributed by atoms with E-state index in [1.807, 2.05) is 45.0 Å². The first-order valence-corrected chi connectivity index (χ1v) is 9.73. The highest BCUT2D eigenvalue weighted by molar-refractivity contribution is 6.07. The van der Waals surface area contributed by atoms with Crippen LogP contribution in [0.2, 0.25) is 0 Å². The molecular weight excluding hydrogens is 324 g/mol. The largest absolute Gasteiger partial charge is 0.493 e. The number of benzene rings is 1. The van der Waals surface area contributed by atoms with Crippen molar-refractivity contribution in [2.45, 2.75) is 66.7 Å². The number of ketones is 2. The van der Waals surface area contributed by atoms with Crippen LogP contribution in [-0.2, 0) is 9.59 Å². The summed E-state index contributed by atoms with van der Waals surface area (Å²) < 4.78 is 5.89. The molecule has 0 aliphatic carbocycles. The van der Waals surface area contributed by atoms with E-state index in [0.717, 1.165) is 24.3 Å². The van der Waals surface area contributed by atoms with Gasteiger partial charge < -0.3 is 4.74 Å². The van der Waals surface area contributed by atoms with E-state index in [9.17, 15) is 9.59 Å². The van der Waals surface area contributed by atoms with Gasteiger partial charge in [-0.25, -0.2) is 0 Å². The molecule has 1 aromatic rings. The quantitative estimate of drug-likeness (QED) is 0.367. The number of hydrogen-bond acceptors (Lipinski definition) is 3. The summed E-state index contributed by atoms with van der Waals surface area (Å²) in [6, 6.07) is 7.71. The Bertz CT molecular complexity index is 591. The maximum atomic E-state index is 11.9. The van der Waals surface area contributed by atoms with E-state index in [-0.39, 0.29) is 18.0 Å². The summed E-state index contributed by atoms with van der Waals surface area (Å²) in [5, 5.41) is 0. The van der Waals surface area contributed by atoms with Crippen molar-refractivity contribution in [3.63, 3.8) is 0 Å². The Morgan fingerprint density at radius 1 is 1.12 bits per heavy atom. The summed E-state index contributed by atoms with van der Waals surface area (Å²) in [6.45, 7) is 10.7. The molecule has 3 nitrogen and oxygen atoms in total. The molecule has 1 unspecified atom stereocenters. The van der Waals surface area contributed by atoms with Gasteiger partial charge >= 0.3 is 0 Å². The van der Waals surface area contributed by atoms with Gasteiger partial charge in [0.15, 0.2) is 5.78 Å². The number of hydrogen-bond donors (Lipinski definition) is 0. The molecule has 0 bridgehead atoms. The van der Waals surface area contributed by atoms with Crippen molar-refractivity contribution in [2.24, 2.45) is 11.3 Å². The summed E-state index contributed by atoms with van der Waals surface area (Å²) in [6.07, 6.45) is 8.00. The minimum absolute atomic E-state index is 0.0375. The molecule has 0 aliphatic heterocycles. The minimum Gasteiger partial charge on any atom is -0.493 e. The van der Waals surface area contributed by atoms with Crippen molar-refractivity contribution in [3.8, 4) is 5.75 Å². The second kappa shape index (κ2) is 10.9. The van der Waals surface area contributed by atoms with Crippen molar-refractivity contribution in [1.29, 1.82) is 0 Å². The number of allylic oxidation sites excluding steroid dienone is 1. The molecule has 1 aromatic carbocycles. The summed E-state index contributed by atoms with van der Waals surface area (Å²) in [5.74, 6) is 1.26. The molecule has 144 valence electrons. The van der Waals surface area contributed by atoms with E-state index in [1.165, 1.54) is 25.3 Å². The van der Waals surface area contributed by atoms with Crippen LogP contribution >= 0.6 is 0 Å². The maximum absolute atomic E-state index is 11.9. The Kier molecular flexibility index (Phi) is 9.32. The van der Waals surface area contributed by atoms with Gasteiger partial charge in [-0.1, -0.05) is 72.1 Å².